The van der Waals surface area contributed by atoms with E-state index in [0.29, 0.717) is 23.8 Å². The van der Waals surface area contributed by atoms with Crippen LogP contribution in [0, 0.1) is 6.92 Å². The van der Waals surface area contributed by atoms with Gasteiger partial charge in [0.25, 0.3) is 11.8 Å². The summed E-state index contributed by atoms with van der Waals surface area (Å²) in [7, 11) is 1.97. The first-order chi connectivity index (χ1) is 17.6. The molecule has 4 aromatic rings. The summed E-state index contributed by atoms with van der Waals surface area (Å²) in [5.74, 6) is -0.0820. The number of nitrogens with one attached hydrogen (secondary N) is 1. The predicted octanol–water partition coefficient (Wildman–Crippen LogP) is 5.30. The molecule has 5 rings (SSSR count). The van der Waals surface area contributed by atoms with Crippen LogP contribution in [0.15, 0.2) is 42.6 Å². The summed E-state index contributed by atoms with van der Waals surface area (Å²) < 4.78 is 2.00. The highest BCUT2D eigenvalue weighted by Crippen LogP contribution is 2.32. The number of aromatic nitrogens is 4. The quantitative estimate of drug-likeness (QED) is 0.397. The molecule has 1 aromatic carbocycles. The van der Waals surface area contributed by atoms with Gasteiger partial charge in [-0.05, 0) is 38.0 Å². The van der Waals surface area contributed by atoms with E-state index in [1.165, 1.54) is 11.3 Å². The molecule has 0 spiro atoms. The summed E-state index contributed by atoms with van der Waals surface area (Å²) in [6.07, 6.45) is 3.42. The third-order valence-corrected chi connectivity index (χ3v) is 8.16. The van der Waals surface area contributed by atoms with Gasteiger partial charge in [-0.2, -0.15) is 0 Å². The van der Waals surface area contributed by atoms with Gasteiger partial charge < -0.3 is 9.47 Å². The van der Waals surface area contributed by atoms with Gasteiger partial charge in [0.1, 0.15) is 5.01 Å². The van der Waals surface area contributed by atoms with Crippen molar-refractivity contribution >= 4 is 39.2 Å². The first kappa shape index (κ1) is 25.1. The van der Waals surface area contributed by atoms with Gasteiger partial charge in [0, 0.05) is 54.3 Å². The number of pyridine rings is 1. The average molecular weight is 517 g/mol. The number of aryl methyl sites for hydroxylation is 2. The highest BCUT2D eigenvalue weighted by molar-refractivity contribution is 7.15. The molecule has 9 heteroatoms. The Bertz CT molecular complexity index is 1470. The predicted molar refractivity (Wildman–Crippen MR) is 146 cm³/mol. The van der Waals surface area contributed by atoms with Gasteiger partial charge in [-0.15, -0.1) is 10.2 Å². The lowest BCUT2D eigenvalue weighted by atomic mass is 9.89. The van der Waals surface area contributed by atoms with Crippen LogP contribution in [-0.2, 0) is 12.5 Å². The number of amides is 2. The minimum absolute atomic E-state index is 0.0522. The van der Waals surface area contributed by atoms with Crippen molar-refractivity contribution in [2.45, 2.75) is 51.9 Å². The van der Waals surface area contributed by atoms with Crippen molar-refractivity contribution in [3.05, 3.63) is 70.1 Å². The number of anilines is 1. The smallest absolute Gasteiger partial charge is 0.259 e. The van der Waals surface area contributed by atoms with E-state index in [2.05, 4.69) is 36.3 Å². The maximum atomic E-state index is 13.4. The third-order valence-electron chi connectivity index (χ3n) is 6.89. The molecule has 3 aromatic heterocycles. The van der Waals surface area contributed by atoms with Crippen molar-refractivity contribution < 1.29 is 9.59 Å². The van der Waals surface area contributed by atoms with Crippen LogP contribution in [0.5, 0.6) is 0 Å². The van der Waals surface area contributed by atoms with Crippen molar-refractivity contribution in [1.82, 2.24) is 24.6 Å². The summed E-state index contributed by atoms with van der Waals surface area (Å²) in [4.78, 5) is 33.3. The number of carbonyl (C=O) groups is 2. The Morgan fingerprint density at radius 2 is 1.76 bits per heavy atom. The molecule has 1 fully saturated rings. The van der Waals surface area contributed by atoms with Crippen LogP contribution < -0.4 is 5.32 Å². The number of piperidine rings is 1. The third kappa shape index (κ3) is 5.00. The summed E-state index contributed by atoms with van der Waals surface area (Å²) in [6, 6.07) is 11.7. The lowest BCUT2D eigenvalue weighted by Gasteiger charge is -2.32. The molecule has 1 aliphatic heterocycles. The molecular weight excluding hydrogens is 484 g/mol. The molecular formula is C28H32N6O2S. The fraction of sp³-hybridized carbons (Fsp3) is 0.393. The highest BCUT2D eigenvalue weighted by Gasteiger charge is 2.30. The topological polar surface area (TPSA) is 93.0 Å². The summed E-state index contributed by atoms with van der Waals surface area (Å²) in [5, 5.41) is 13.6. The van der Waals surface area contributed by atoms with Gasteiger partial charge in [-0.1, -0.05) is 50.3 Å². The average Bonchev–Trinajstić information content (AvgIpc) is 3.48. The number of fused-ring (bicyclic) bond motifs is 1. The largest absolute Gasteiger partial charge is 0.350 e. The van der Waals surface area contributed by atoms with E-state index in [-0.39, 0.29) is 23.1 Å². The van der Waals surface area contributed by atoms with Crippen molar-refractivity contribution in [3.63, 3.8) is 0 Å². The minimum Gasteiger partial charge on any atom is -0.350 e. The maximum Gasteiger partial charge on any atom is 0.259 e. The number of para-hydroxylation sites is 1. The first-order valence-corrected chi connectivity index (χ1v) is 13.4. The van der Waals surface area contributed by atoms with E-state index in [4.69, 9.17) is 4.98 Å². The second kappa shape index (κ2) is 9.70. The molecule has 0 radical (unpaired) electrons. The van der Waals surface area contributed by atoms with Gasteiger partial charge in [-0.3, -0.25) is 19.9 Å². The number of rotatable bonds is 4. The molecule has 8 nitrogen and oxygen atoms in total. The fourth-order valence-electron chi connectivity index (χ4n) is 4.86. The number of hydrogen-bond donors (Lipinski definition) is 1. The number of hydrogen-bond acceptors (Lipinski definition) is 6. The lowest BCUT2D eigenvalue weighted by molar-refractivity contribution is 0.0712. The van der Waals surface area contributed by atoms with Crippen LogP contribution in [0.3, 0.4) is 0 Å². The number of benzene rings is 1. The molecule has 1 aliphatic rings. The Morgan fingerprint density at radius 3 is 2.46 bits per heavy atom. The second-order valence-corrected chi connectivity index (χ2v) is 11.7. The van der Waals surface area contributed by atoms with Gasteiger partial charge >= 0.3 is 0 Å². The molecule has 4 heterocycles. The maximum absolute atomic E-state index is 13.4. The van der Waals surface area contributed by atoms with Gasteiger partial charge in [-0.25, -0.2) is 0 Å². The Hall–Kier alpha value is -3.59. The summed E-state index contributed by atoms with van der Waals surface area (Å²) in [6.45, 7) is 9.38. The molecule has 1 N–H and O–H groups in total. The standard InChI is InChI=1S/C28H32N6O2S/c1-17-10-11-20(24(35)30-27-32-31-26(37-27)28(2,3)4)23(29-17)18-12-14-34(15-13-18)25(36)21-16-33(5)22-9-7-6-8-19(21)22/h6-11,16,18H,12-15H2,1-5H3,(H,30,32,35). The van der Waals surface area contributed by atoms with E-state index in [9.17, 15) is 9.59 Å². The zero-order chi connectivity index (χ0) is 26.3. The normalized spacial score (nSPS) is 14.8. The van der Waals surface area contributed by atoms with Crippen molar-refractivity contribution in [2.24, 2.45) is 7.05 Å². The summed E-state index contributed by atoms with van der Waals surface area (Å²) in [5.41, 5.74) is 3.86. The Morgan fingerprint density at radius 1 is 1.03 bits per heavy atom. The van der Waals surface area contributed by atoms with Crippen LogP contribution in [0.4, 0.5) is 5.13 Å². The molecule has 0 saturated carbocycles. The zero-order valence-electron chi connectivity index (χ0n) is 21.9. The molecule has 0 atom stereocenters. The zero-order valence-corrected chi connectivity index (χ0v) is 22.7. The Balaban J connectivity index is 1.31. The van der Waals surface area contributed by atoms with Crippen LogP contribution in [0.1, 0.15) is 76.6 Å². The van der Waals surface area contributed by atoms with E-state index < -0.39 is 0 Å². The summed E-state index contributed by atoms with van der Waals surface area (Å²) >= 11 is 1.39. The van der Waals surface area contributed by atoms with Crippen LogP contribution in [-0.4, -0.2) is 49.6 Å². The van der Waals surface area contributed by atoms with Gasteiger partial charge in [0.2, 0.25) is 5.13 Å². The molecule has 0 unspecified atom stereocenters. The molecule has 192 valence electrons. The molecule has 2 amide bonds. The molecule has 1 saturated heterocycles. The Kier molecular flexibility index (Phi) is 6.58. The van der Waals surface area contributed by atoms with Crippen LogP contribution >= 0.6 is 11.3 Å². The van der Waals surface area contributed by atoms with Crippen molar-refractivity contribution in [3.8, 4) is 0 Å². The van der Waals surface area contributed by atoms with E-state index in [1.807, 2.05) is 66.0 Å². The SMILES string of the molecule is Cc1ccc(C(=O)Nc2nnc(C(C)(C)C)s2)c(C2CCN(C(=O)c3cn(C)c4ccccc34)CC2)n1. The molecule has 37 heavy (non-hydrogen) atoms. The molecule has 0 aliphatic carbocycles. The monoisotopic (exact) mass is 516 g/mol. The first-order valence-electron chi connectivity index (χ1n) is 12.6. The number of carbonyl (C=O) groups excluding carboxylic acids is 2. The highest BCUT2D eigenvalue weighted by atomic mass is 32.1. The van der Waals surface area contributed by atoms with Crippen molar-refractivity contribution in [2.75, 3.05) is 18.4 Å². The lowest BCUT2D eigenvalue weighted by Crippen LogP contribution is -2.38. The number of likely N-dealkylation sites (tertiary alicyclic amines) is 1. The van der Waals surface area contributed by atoms with Gasteiger partial charge in [0.05, 0.1) is 16.8 Å². The minimum atomic E-state index is -0.228. The second-order valence-electron chi connectivity index (χ2n) is 10.7. The number of nitrogens with zero attached hydrogens (tertiary/aromatic N) is 5. The molecule has 0 bridgehead atoms. The van der Waals surface area contributed by atoms with Gasteiger partial charge in [0.15, 0.2) is 0 Å². The van der Waals surface area contributed by atoms with E-state index in [0.717, 1.165) is 45.7 Å². The fourth-order valence-corrected chi connectivity index (χ4v) is 5.66. The van der Waals surface area contributed by atoms with Crippen molar-refractivity contribution in [1.29, 1.82) is 0 Å². The van der Waals surface area contributed by atoms with E-state index >= 15 is 0 Å². The Labute approximate surface area is 220 Å². The van der Waals surface area contributed by atoms with E-state index in [1.54, 1.807) is 0 Å². The van der Waals surface area contributed by atoms with Crippen LogP contribution in [0.25, 0.3) is 10.9 Å². The van der Waals surface area contributed by atoms with Crippen LogP contribution in [0.2, 0.25) is 0 Å².